The molecule has 3 rings (SSSR count). The Morgan fingerprint density at radius 1 is 1.21 bits per heavy atom. The first kappa shape index (κ1) is 16.1. The van der Waals surface area contributed by atoms with Crippen LogP contribution < -0.4 is 10.1 Å². The van der Waals surface area contributed by atoms with Crippen molar-refractivity contribution in [2.45, 2.75) is 26.4 Å². The number of aromatic nitrogens is 1. The Labute approximate surface area is 141 Å². The van der Waals surface area contributed by atoms with Crippen LogP contribution in [0.4, 0.5) is 0 Å². The van der Waals surface area contributed by atoms with Gasteiger partial charge in [0.05, 0.1) is 0 Å². The molecule has 1 amide bonds. The second kappa shape index (κ2) is 7.21. The van der Waals surface area contributed by atoms with Crippen LogP contribution in [0.25, 0.3) is 10.9 Å². The minimum atomic E-state index is -0.516. The summed E-state index contributed by atoms with van der Waals surface area (Å²) in [6.45, 7) is 4.43. The second-order valence-corrected chi connectivity index (χ2v) is 5.98. The summed E-state index contributed by atoms with van der Waals surface area (Å²) in [7, 11) is 0. The van der Waals surface area contributed by atoms with Crippen molar-refractivity contribution in [3.05, 3.63) is 65.9 Å². The molecule has 0 saturated carbocycles. The third-order valence-corrected chi connectivity index (χ3v) is 4.04. The quantitative estimate of drug-likeness (QED) is 0.728. The van der Waals surface area contributed by atoms with Crippen LogP contribution in [0.2, 0.25) is 0 Å². The number of hydrogen-bond donors (Lipinski definition) is 2. The number of nitrogens with one attached hydrogen (secondary N) is 2. The Hall–Kier alpha value is -2.75. The van der Waals surface area contributed by atoms with Crippen molar-refractivity contribution in [1.82, 2.24) is 10.3 Å². The Bertz CT molecular complexity index is 824. The number of para-hydroxylation sites is 1. The van der Waals surface area contributed by atoms with E-state index >= 15 is 0 Å². The van der Waals surface area contributed by atoms with Gasteiger partial charge in [-0.25, -0.2) is 0 Å². The molecule has 4 nitrogen and oxygen atoms in total. The van der Waals surface area contributed by atoms with Gasteiger partial charge < -0.3 is 15.0 Å². The van der Waals surface area contributed by atoms with Crippen molar-refractivity contribution in [3.63, 3.8) is 0 Å². The van der Waals surface area contributed by atoms with Crippen LogP contribution in [0.3, 0.4) is 0 Å². The van der Waals surface area contributed by atoms with Crippen LogP contribution in [-0.4, -0.2) is 23.5 Å². The molecule has 124 valence electrons. The summed E-state index contributed by atoms with van der Waals surface area (Å²) in [4.78, 5) is 15.4. The van der Waals surface area contributed by atoms with Gasteiger partial charge in [-0.05, 0) is 50.1 Å². The van der Waals surface area contributed by atoms with Crippen molar-refractivity contribution >= 4 is 16.8 Å². The van der Waals surface area contributed by atoms with Gasteiger partial charge >= 0.3 is 0 Å². The molecule has 24 heavy (non-hydrogen) atoms. The number of aromatic amines is 1. The van der Waals surface area contributed by atoms with Gasteiger partial charge in [0.2, 0.25) is 0 Å². The van der Waals surface area contributed by atoms with E-state index in [-0.39, 0.29) is 5.91 Å². The fourth-order valence-electron chi connectivity index (χ4n) is 2.72. The average Bonchev–Trinajstić information content (AvgIpc) is 2.98. The Kier molecular flexibility index (Phi) is 4.85. The fraction of sp³-hybridized carbons (Fsp3) is 0.250. The molecule has 0 bridgehead atoms. The maximum atomic E-state index is 12.1. The molecule has 4 heteroatoms. The van der Waals surface area contributed by atoms with Gasteiger partial charge in [-0.1, -0.05) is 29.8 Å². The summed E-state index contributed by atoms with van der Waals surface area (Å²) >= 11 is 0. The zero-order valence-electron chi connectivity index (χ0n) is 14.0. The average molecular weight is 322 g/mol. The van der Waals surface area contributed by atoms with Crippen LogP contribution in [0.1, 0.15) is 18.1 Å². The van der Waals surface area contributed by atoms with Crippen molar-refractivity contribution in [3.8, 4) is 5.75 Å². The predicted molar refractivity (Wildman–Crippen MR) is 96.3 cm³/mol. The summed E-state index contributed by atoms with van der Waals surface area (Å²) in [6, 6.07) is 15.7. The highest BCUT2D eigenvalue weighted by Gasteiger charge is 2.14. The van der Waals surface area contributed by atoms with E-state index in [1.54, 1.807) is 6.92 Å². The highest BCUT2D eigenvalue weighted by Crippen LogP contribution is 2.19. The monoisotopic (exact) mass is 322 g/mol. The zero-order chi connectivity index (χ0) is 16.9. The normalized spacial score (nSPS) is 12.1. The molecular formula is C20H22N2O2. The van der Waals surface area contributed by atoms with Crippen molar-refractivity contribution < 1.29 is 9.53 Å². The second-order valence-electron chi connectivity index (χ2n) is 5.98. The van der Waals surface area contributed by atoms with Crippen molar-refractivity contribution in [1.29, 1.82) is 0 Å². The molecule has 2 N–H and O–H groups in total. The number of benzene rings is 2. The summed E-state index contributed by atoms with van der Waals surface area (Å²) in [5, 5.41) is 4.16. The van der Waals surface area contributed by atoms with Gasteiger partial charge in [-0.2, -0.15) is 0 Å². The molecule has 2 aromatic carbocycles. The van der Waals surface area contributed by atoms with E-state index in [1.165, 1.54) is 16.5 Å². The van der Waals surface area contributed by atoms with E-state index in [9.17, 15) is 4.79 Å². The maximum Gasteiger partial charge on any atom is 0.260 e. The van der Waals surface area contributed by atoms with Crippen LogP contribution in [0.5, 0.6) is 5.75 Å². The maximum absolute atomic E-state index is 12.1. The lowest BCUT2D eigenvalue weighted by atomic mass is 10.1. The number of hydrogen-bond acceptors (Lipinski definition) is 2. The van der Waals surface area contributed by atoms with Crippen molar-refractivity contribution in [2.24, 2.45) is 0 Å². The van der Waals surface area contributed by atoms with E-state index in [4.69, 9.17) is 4.74 Å². The lowest BCUT2D eigenvalue weighted by Crippen LogP contribution is -2.37. The molecule has 0 fully saturated rings. The smallest absolute Gasteiger partial charge is 0.260 e. The van der Waals surface area contributed by atoms with Gasteiger partial charge in [0.25, 0.3) is 5.91 Å². The molecule has 0 aliphatic rings. The minimum absolute atomic E-state index is 0.102. The topological polar surface area (TPSA) is 54.1 Å². The first-order valence-electron chi connectivity index (χ1n) is 8.19. The number of amides is 1. The number of ether oxygens (including phenoxy) is 1. The van der Waals surface area contributed by atoms with Gasteiger partial charge in [-0.3, -0.25) is 4.79 Å². The third-order valence-electron chi connectivity index (χ3n) is 4.04. The summed E-state index contributed by atoms with van der Waals surface area (Å²) in [6.07, 6.45) is 2.28. The molecule has 3 aromatic rings. The van der Waals surface area contributed by atoms with Gasteiger partial charge in [-0.15, -0.1) is 0 Å². The molecular weight excluding hydrogens is 300 g/mol. The highest BCUT2D eigenvalue weighted by molar-refractivity contribution is 5.84. The SMILES string of the molecule is Cc1ccc2[nH]cc(CCNC(=O)[C@H](C)Oc3ccccc3)c2c1. The molecule has 0 radical (unpaired) electrons. The minimum Gasteiger partial charge on any atom is -0.481 e. The summed E-state index contributed by atoms with van der Waals surface area (Å²) in [5.41, 5.74) is 3.57. The fourth-order valence-corrected chi connectivity index (χ4v) is 2.72. The molecule has 0 spiro atoms. The van der Waals surface area contributed by atoms with Crippen LogP contribution in [-0.2, 0) is 11.2 Å². The Morgan fingerprint density at radius 2 is 2.00 bits per heavy atom. The standard InChI is InChI=1S/C20H22N2O2/c1-14-8-9-19-18(12-14)16(13-22-19)10-11-21-20(23)15(2)24-17-6-4-3-5-7-17/h3-9,12-13,15,22H,10-11H2,1-2H3,(H,21,23)/t15-/m0/s1. The molecule has 0 saturated heterocycles. The number of carbonyl (C=O) groups excluding carboxylic acids is 1. The molecule has 1 aromatic heterocycles. The van der Waals surface area contributed by atoms with E-state index in [0.717, 1.165) is 11.9 Å². The highest BCUT2D eigenvalue weighted by atomic mass is 16.5. The molecule has 0 unspecified atom stereocenters. The van der Waals surface area contributed by atoms with Crippen LogP contribution >= 0.6 is 0 Å². The zero-order valence-corrected chi connectivity index (χ0v) is 14.0. The molecule has 0 aliphatic heterocycles. The van der Waals surface area contributed by atoms with Crippen LogP contribution in [0, 0.1) is 6.92 Å². The first-order valence-corrected chi connectivity index (χ1v) is 8.19. The van der Waals surface area contributed by atoms with E-state index in [2.05, 4.69) is 35.4 Å². The van der Waals surface area contributed by atoms with E-state index in [1.807, 2.05) is 36.5 Å². The van der Waals surface area contributed by atoms with Gasteiger partial charge in [0, 0.05) is 23.6 Å². The van der Waals surface area contributed by atoms with Crippen LogP contribution in [0.15, 0.2) is 54.7 Å². The van der Waals surface area contributed by atoms with E-state index in [0.29, 0.717) is 12.3 Å². The molecule has 1 atom stereocenters. The summed E-state index contributed by atoms with van der Waals surface area (Å²) in [5.74, 6) is 0.599. The number of aryl methyl sites for hydroxylation is 1. The Balaban J connectivity index is 1.53. The molecule has 0 aliphatic carbocycles. The van der Waals surface area contributed by atoms with E-state index < -0.39 is 6.10 Å². The predicted octanol–water partition coefficient (Wildman–Crippen LogP) is 3.60. The van der Waals surface area contributed by atoms with Gasteiger partial charge in [0.15, 0.2) is 6.10 Å². The number of rotatable bonds is 6. The molecule has 1 heterocycles. The third kappa shape index (κ3) is 3.77. The van der Waals surface area contributed by atoms with Crippen molar-refractivity contribution in [2.75, 3.05) is 6.54 Å². The number of H-pyrrole nitrogens is 1. The first-order chi connectivity index (χ1) is 11.6. The number of carbonyl (C=O) groups is 1. The Morgan fingerprint density at radius 3 is 2.79 bits per heavy atom. The lowest BCUT2D eigenvalue weighted by molar-refractivity contribution is -0.127. The number of fused-ring (bicyclic) bond motifs is 1. The van der Waals surface area contributed by atoms with Gasteiger partial charge in [0.1, 0.15) is 5.75 Å². The summed E-state index contributed by atoms with van der Waals surface area (Å²) < 4.78 is 5.63. The lowest BCUT2D eigenvalue weighted by Gasteiger charge is -2.14. The largest absolute Gasteiger partial charge is 0.481 e.